The van der Waals surface area contributed by atoms with Gasteiger partial charge in [0.2, 0.25) is 0 Å². The molecule has 0 radical (unpaired) electrons. The summed E-state index contributed by atoms with van der Waals surface area (Å²) in [6.07, 6.45) is 2.77. The van der Waals surface area contributed by atoms with Gasteiger partial charge >= 0.3 is 12.0 Å². The third kappa shape index (κ3) is 4.91. The number of carbonyl (C=O) groups excluding carboxylic acids is 2. The lowest BCUT2D eigenvalue weighted by molar-refractivity contribution is 0.0642. The predicted molar refractivity (Wildman–Crippen MR) is 102 cm³/mol. The van der Waals surface area contributed by atoms with Gasteiger partial charge in [-0.25, -0.2) is 9.59 Å². The van der Waals surface area contributed by atoms with Gasteiger partial charge in [0.25, 0.3) is 5.91 Å². The minimum Gasteiger partial charge on any atom is -0.478 e. The van der Waals surface area contributed by atoms with E-state index in [9.17, 15) is 14.4 Å². The van der Waals surface area contributed by atoms with Crippen molar-refractivity contribution in [1.29, 1.82) is 0 Å². The number of hydrogen-bond acceptors (Lipinski definition) is 4. The lowest BCUT2D eigenvalue weighted by Gasteiger charge is -2.32. The van der Waals surface area contributed by atoms with Crippen molar-refractivity contribution in [1.82, 2.24) is 10.2 Å². The van der Waals surface area contributed by atoms with Crippen LogP contribution in [-0.2, 0) is 0 Å². The first-order valence-corrected chi connectivity index (χ1v) is 9.15. The lowest BCUT2D eigenvalue weighted by atomic mass is 9.98. The number of urea groups is 1. The van der Waals surface area contributed by atoms with Crippen LogP contribution in [0.15, 0.2) is 41.0 Å². The van der Waals surface area contributed by atoms with E-state index in [0.29, 0.717) is 19.6 Å². The number of furan rings is 1. The number of piperidine rings is 1. The average Bonchev–Trinajstić information content (AvgIpc) is 3.18. The summed E-state index contributed by atoms with van der Waals surface area (Å²) in [5.74, 6) is -1.33. The third-order valence-corrected chi connectivity index (χ3v) is 4.72. The van der Waals surface area contributed by atoms with Crippen LogP contribution in [0.5, 0.6) is 0 Å². The minimum absolute atomic E-state index is 0.0168. The number of aryl methyl sites for hydroxylation is 1. The molecule has 1 atom stereocenters. The Kier molecular flexibility index (Phi) is 5.98. The van der Waals surface area contributed by atoms with Gasteiger partial charge in [0.15, 0.2) is 5.76 Å². The number of rotatable bonds is 5. The Morgan fingerprint density at radius 1 is 1.25 bits per heavy atom. The van der Waals surface area contributed by atoms with E-state index in [-0.39, 0.29) is 29.2 Å². The van der Waals surface area contributed by atoms with E-state index < -0.39 is 5.97 Å². The van der Waals surface area contributed by atoms with Crippen LogP contribution in [0.1, 0.15) is 39.3 Å². The maximum Gasteiger partial charge on any atom is 0.338 e. The van der Waals surface area contributed by atoms with Crippen LogP contribution in [0.2, 0.25) is 0 Å². The Labute approximate surface area is 162 Å². The number of hydrogen-bond donors (Lipinski definition) is 3. The summed E-state index contributed by atoms with van der Waals surface area (Å²) < 4.78 is 5.10. The molecule has 0 bridgehead atoms. The van der Waals surface area contributed by atoms with Gasteiger partial charge in [-0.1, -0.05) is 17.7 Å². The molecule has 3 amide bonds. The van der Waals surface area contributed by atoms with Gasteiger partial charge in [-0.2, -0.15) is 0 Å². The van der Waals surface area contributed by atoms with E-state index in [2.05, 4.69) is 10.6 Å². The molecule has 0 spiro atoms. The quantitative estimate of drug-likeness (QED) is 0.733. The molecule has 1 aliphatic heterocycles. The molecule has 28 heavy (non-hydrogen) atoms. The number of amides is 3. The zero-order valence-corrected chi connectivity index (χ0v) is 15.6. The lowest BCUT2D eigenvalue weighted by Crippen LogP contribution is -2.44. The average molecular weight is 385 g/mol. The molecule has 0 saturated carbocycles. The highest BCUT2D eigenvalue weighted by molar-refractivity contribution is 5.95. The number of anilines is 1. The van der Waals surface area contributed by atoms with Crippen molar-refractivity contribution in [2.24, 2.45) is 5.92 Å². The van der Waals surface area contributed by atoms with Gasteiger partial charge in [0.05, 0.1) is 5.56 Å². The van der Waals surface area contributed by atoms with Crippen molar-refractivity contribution in [3.05, 3.63) is 53.5 Å². The van der Waals surface area contributed by atoms with Crippen LogP contribution in [0.3, 0.4) is 0 Å². The first-order chi connectivity index (χ1) is 13.4. The van der Waals surface area contributed by atoms with Gasteiger partial charge in [0.1, 0.15) is 6.26 Å². The van der Waals surface area contributed by atoms with E-state index in [4.69, 9.17) is 9.52 Å². The van der Waals surface area contributed by atoms with E-state index in [0.717, 1.165) is 30.4 Å². The van der Waals surface area contributed by atoms with Gasteiger partial charge < -0.3 is 25.1 Å². The van der Waals surface area contributed by atoms with Crippen molar-refractivity contribution in [3.8, 4) is 0 Å². The highest BCUT2D eigenvalue weighted by Gasteiger charge is 2.27. The molecule has 2 heterocycles. The van der Waals surface area contributed by atoms with Crippen LogP contribution >= 0.6 is 0 Å². The molecule has 1 aromatic carbocycles. The Bertz CT molecular complexity index is 859. The fraction of sp³-hybridized carbons (Fsp3) is 0.350. The standard InChI is InChI=1S/C20H23N3O5/c1-13-4-6-16(7-5-13)22-20(27)21-10-14-3-2-8-23(11-14)18(24)17-9-15(12-28-17)19(25)26/h4-7,9,12,14H,2-3,8,10-11H2,1H3,(H,25,26)(H2,21,22,27). The first-order valence-electron chi connectivity index (χ1n) is 9.15. The number of likely N-dealkylation sites (tertiary alicyclic amines) is 1. The molecule has 8 heteroatoms. The van der Waals surface area contributed by atoms with E-state index in [1.54, 1.807) is 4.90 Å². The summed E-state index contributed by atoms with van der Waals surface area (Å²) >= 11 is 0. The number of aromatic carboxylic acids is 1. The van der Waals surface area contributed by atoms with E-state index >= 15 is 0 Å². The maximum atomic E-state index is 12.5. The molecule has 8 nitrogen and oxygen atoms in total. The highest BCUT2D eigenvalue weighted by atomic mass is 16.4. The van der Waals surface area contributed by atoms with Crippen LogP contribution < -0.4 is 10.6 Å². The van der Waals surface area contributed by atoms with Gasteiger partial charge in [-0.15, -0.1) is 0 Å². The molecule has 0 aliphatic carbocycles. The molecular formula is C20H23N3O5. The van der Waals surface area contributed by atoms with Crippen molar-refractivity contribution in [2.75, 3.05) is 25.0 Å². The molecule has 1 aromatic heterocycles. The Hall–Kier alpha value is -3.29. The Morgan fingerprint density at radius 3 is 2.68 bits per heavy atom. The molecule has 1 saturated heterocycles. The Morgan fingerprint density at radius 2 is 2.00 bits per heavy atom. The molecule has 1 aliphatic rings. The van der Waals surface area contributed by atoms with Crippen LogP contribution in [0, 0.1) is 12.8 Å². The monoisotopic (exact) mass is 385 g/mol. The number of carboxylic acid groups (broad SMARTS) is 1. The fourth-order valence-corrected chi connectivity index (χ4v) is 3.18. The van der Waals surface area contributed by atoms with Crippen molar-refractivity contribution in [2.45, 2.75) is 19.8 Å². The normalized spacial score (nSPS) is 16.5. The Balaban J connectivity index is 1.50. The molecule has 3 N–H and O–H groups in total. The second-order valence-corrected chi connectivity index (χ2v) is 6.97. The summed E-state index contributed by atoms with van der Waals surface area (Å²) in [5, 5.41) is 14.6. The smallest absolute Gasteiger partial charge is 0.338 e. The number of nitrogens with one attached hydrogen (secondary N) is 2. The van der Waals surface area contributed by atoms with Gasteiger partial charge in [-0.05, 0) is 37.8 Å². The summed E-state index contributed by atoms with van der Waals surface area (Å²) in [5.41, 5.74) is 1.78. The molecular weight excluding hydrogens is 362 g/mol. The fourth-order valence-electron chi connectivity index (χ4n) is 3.18. The molecule has 1 fully saturated rings. The zero-order valence-electron chi connectivity index (χ0n) is 15.6. The highest BCUT2D eigenvalue weighted by Crippen LogP contribution is 2.19. The minimum atomic E-state index is -1.14. The summed E-state index contributed by atoms with van der Waals surface area (Å²) in [4.78, 5) is 37.2. The third-order valence-electron chi connectivity index (χ3n) is 4.72. The molecule has 3 rings (SSSR count). The van der Waals surface area contributed by atoms with Crippen LogP contribution in [-0.4, -0.2) is 47.5 Å². The molecule has 1 unspecified atom stereocenters. The SMILES string of the molecule is Cc1ccc(NC(=O)NCC2CCCN(C(=O)c3cc(C(=O)O)co3)C2)cc1. The summed E-state index contributed by atoms with van der Waals surface area (Å²) in [6, 6.07) is 8.47. The van der Waals surface area contributed by atoms with E-state index in [1.165, 1.54) is 6.07 Å². The topological polar surface area (TPSA) is 112 Å². The van der Waals surface area contributed by atoms with Gasteiger partial charge in [0, 0.05) is 31.4 Å². The number of benzene rings is 1. The second-order valence-electron chi connectivity index (χ2n) is 6.97. The summed E-state index contributed by atoms with van der Waals surface area (Å²) in [6.45, 7) is 3.48. The van der Waals surface area contributed by atoms with Gasteiger partial charge in [-0.3, -0.25) is 4.79 Å². The van der Waals surface area contributed by atoms with Crippen LogP contribution in [0.4, 0.5) is 10.5 Å². The summed E-state index contributed by atoms with van der Waals surface area (Å²) in [7, 11) is 0. The number of nitrogens with zero attached hydrogens (tertiary/aromatic N) is 1. The van der Waals surface area contributed by atoms with Crippen molar-refractivity contribution in [3.63, 3.8) is 0 Å². The second kappa shape index (κ2) is 8.60. The first kappa shape index (κ1) is 19.5. The maximum absolute atomic E-state index is 12.5. The van der Waals surface area contributed by atoms with Crippen molar-refractivity contribution < 1.29 is 23.9 Å². The molecule has 2 aromatic rings. The number of carboxylic acids is 1. The van der Waals surface area contributed by atoms with Crippen LogP contribution in [0.25, 0.3) is 0 Å². The predicted octanol–water partition coefficient (Wildman–Crippen LogP) is 2.96. The number of carbonyl (C=O) groups is 3. The molecule has 148 valence electrons. The zero-order chi connectivity index (χ0) is 20.1. The van der Waals surface area contributed by atoms with Crippen molar-refractivity contribution >= 4 is 23.6 Å². The van der Waals surface area contributed by atoms with E-state index in [1.807, 2.05) is 31.2 Å². The largest absolute Gasteiger partial charge is 0.478 e.